The van der Waals surface area contributed by atoms with Crippen LogP contribution in [0.2, 0.25) is 0 Å². The predicted molar refractivity (Wildman–Crippen MR) is 87.8 cm³/mol. The zero-order chi connectivity index (χ0) is 14.7. The molecule has 0 radical (unpaired) electrons. The van der Waals surface area contributed by atoms with E-state index in [2.05, 4.69) is 18.3 Å². The van der Waals surface area contributed by atoms with Gasteiger partial charge in [-0.15, -0.1) is 11.3 Å². The highest BCUT2D eigenvalue weighted by Gasteiger charge is 2.19. The van der Waals surface area contributed by atoms with Gasteiger partial charge in [-0.25, -0.2) is 0 Å². The minimum atomic E-state index is 0.267. The van der Waals surface area contributed by atoms with Crippen LogP contribution in [-0.4, -0.2) is 30.4 Å². The zero-order valence-electron chi connectivity index (χ0n) is 13.0. The lowest BCUT2D eigenvalue weighted by Gasteiger charge is -2.27. The molecule has 1 saturated heterocycles. The summed E-state index contributed by atoms with van der Waals surface area (Å²) in [6, 6.07) is 2.65. The van der Waals surface area contributed by atoms with Crippen molar-refractivity contribution in [2.45, 2.75) is 57.9 Å². The number of piperidine rings is 1. The molecular formula is C17H26N2OS. The first-order valence-corrected chi connectivity index (χ1v) is 9.18. The molecule has 21 heavy (non-hydrogen) atoms. The number of fused-ring (bicyclic) bond motifs is 1. The molecule has 2 heterocycles. The van der Waals surface area contributed by atoms with Crippen molar-refractivity contribution in [3.63, 3.8) is 0 Å². The SMILES string of the molecule is CC(NCC(=O)N1CCCCC1)c1cc2c(s1)CCCC2. The maximum Gasteiger partial charge on any atom is 0.236 e. The molecule has 1 unspecified atom stereocenters. The number of carbonyl (C=O) groups excluding carboxylic acids is 1. The summed E-state index contributed by atoms with van der Waals surface area (Å²) in [4.78, 5) is 17.2. The third kappa shape index (κ3) is 3.67. The number of thiophene rings is 1. The number of aryl methyl sites for hydroxylation is 2. The molecule has 0 aromatic carbocycles. The van der Waals surface area contributed by atoms with Crippen LogP contribution < -0.4 is 5.32 Å². The number of nitrogens with zero attached hydrogens (tertiary/aromatic N) is 1. The van der Waals surface area contributed by atoms with E-state index in [1.54, 1.807) is 10.4 Å². The van der Waals surface area contributed by atoms with E-state index in [0.29, 0.717) is 6.54 Å². The Bertz CT molecular complexity index is 467. The average molecular weight is 306 g/mol. The highest BCUT2D eigenvalue weighted by Crippen LogP contribution is 2.32. The van der Waals surface area contributed by atoms with Gasteiger partial charge in [0.2, 0.25) is 5.91 Å². The highest BCUT2D eigenvalue weighted by molar-refractivity contribution is 7.12. The van der Waals surface area contributed by atoms with Gasteiger partial charge in [-0.3, -0.25) is 4.79 Å². The van der Waals surface area contributed by atoms with Crippen LogP contribution in [-0.2, 0) is 17.6 Å². The molecular weight excluding hydrogens is 280 g/mol. The van der Waals surface area contributed by atoms with Gasteiger partial charge in [0.15, 0.2) is 0 Å². The Morgan fingerprint density at radius 3 is 2.76 bits per heavy atom. The maximum atomic E-state index is 12.2. The number of amides is 1. The summed E-state index contributed by atoms with van der Waals surface area (Å²) in [7, 11) is 0. The fourth-order valence-corrected chi connectivity index (χ4v) is 4.61. The van der Waals surface area contributed by atoms with Crippen molar-refractivity contribution in [2.75, 3.05) is 19.6 Å². The number of likely N-dealkylation sites (tertiary alicyclic amines) is 1. The number of hydrogen-bond acceptors (Lipinski definition) is 3. The smallest absolute Gasteiger partial charge is 0.236 e. The second-order valence-corrected chi connectivity index (χ2v) is 7.52. The Hall–Kier alpha value is -0.870. The first-order chi connectivity index (χ1) is 10.2. The lowest BCUT2D eigenvalue weighted by atomic mass is 9.99. The van der Waals surface area contributed by atoms with Gasteiger partial charge in [0, 0.05) is 28.9 Å². The third-order valence-electron chi connectivity index (χ3n) is 4.71. The normalized spacial score (nSPS) is 20.1. The molecule has 3 rings (SSSR count). The minimum Gasteiger partial charge on any atom is -0.342 e. The van der Waals surface area contributed by atoms with E-state index in [1.165, 1.54) is 49.8 Å². The molecule has 0 bridgehead atoms. The van der Waals surface area contributed by atoms with Crippen LogP contribution in [0.3, 0.4) is 0 Å². The first kappa shape index (κ1) is 15.0. The average Bonchev–Trinajstić information content (AvgIpc) is 2.97. The standard InChI is InChI=1S/C17H26N2OS/c1-13(16-11-14-7-3-4-8-15(14)21-16)18-12-17(20)19-9-5-2-6-10-19/h11,13,18H,2-10,12H2,1H3. The maximum absolute atomic E-state index is 12.2. The van der Waals surface area contributed by atoms with Gasteiger partial charge >= 0.3 is 0 Å². The molecule has 3 nitrogen and oxygen atoms in total. The molecule has 1 atom stereocenters. The molecule has 0 saturated carbocycles. The molecule has 1 fully saturated rings. The van der Waals surface area contributed by atoms with Gasteiger partial charge in [-0.2, -0.15) is 0 Å². The summed E-state index contributed by atoms with van der Waals surface area (Å²) in [6.45, 7) is 4.55. The van der Waals surface area contributed by atoms with Crippen molar-refractivity contribution < 1.29 is 4.79 Å². The third-order valence-corrected chi connectivity index (χ3v) is 6.13. The van der Waals surface area contributed by atoms with E-state index in [-0.39, 0.29) is 11.9 Å². The molecule has 1 aromatic rings. The first-order valence-electron chi connectivity index (χ1n) is 8.36. The van der Waals surface area contributed by atoms with E-state index in [9.17, 15) is 4.79 Å². The molecule has 116 valence electrons. The van der Waals surface area contributed by atoms with Crippen LogP contribution in [0, 0.1) is 0 Å². The van der Waals surface area contributed by atoms with E-state index >= 15 is 0 Å². The van der Waals surface area contributed by atoms with E-state index in [1.807, 2.05) is 16.2 Å². The van der Waals surface area contributed by atoms with Crippen LogP contribution in [0.15, 0.2) is 6.07 Å². The number of carbonyl (C=O) groups is 1. The summed E-state index contributed by atoms with van der Waals surface area (Å²) in [5, 5.41) is 3.42. The van der Waals surface area contributed by atoms with E-state index in [4.69, 9.17) is 0 Å². The van der Waals surface area contributed by atoms with Crippen LogP contribution >= 0.6 is 11.3 Å². The van der Waals surface area contributed by atoms with Crippen LogP contribution in [0.25, 0.3) is 0 Å². The summed E-state index contributed by atoms with van der Waals surface area (Å²) in [5.41, 5.74) is 1.55. The molecule has 0 spiro atoms. The van der Waals surface area contributed by atoms with E-state index < -0.39 is 0 Å². The Balaban J connectivity index is 1.52. The van der Waals surface area contributed by atoms with Gasteiger partial charge in [0.05, 0.1) is 6.54 Å². The van der Waals surface area contributed by atoms with Gasteiger partial charge in [-0.1, -0.05) is 0 Å². The summed E-state index contributed by atoms with van der Waals surface area (Å²) in [6.07, 6.45) is 8.76. The Morgan fingerprint density at radius 2 is 2.00 bits per heavy atom. The number of rotatable bonds is 4. The molecule has 1 N–H and O–H groups in total. The van der Waals surface area contributed by atoms with Crippen molar-refractivity contribution in [2.24, 2.45) is 0 Å². The lowest BCUT2D eigenvalue weighted by molar-refractivity contribution is -0.131. The van der Waals surface area contributed by atoms with E-state index in [0.717, 1.165) is 13.1 Å². The second-order valence-electron chi connectivity index (χ2n) is 6.35. The number of nitrogens with one attached hydrogen (secondary N) is 1. The predicted octanol–water partition coefficient (Wildman–Crippen LogP) is 3.29. The second kappa shape index (κ2) is 6.93. The van der Waals surface area contributed by atoms with Crippen LogP contribution in [0.1, 0.15) is 60.4 Å². The van der Waals surface area contributed by atoms with Crippen LogP contribution in [0.4, 0.5) is 0 Å². The van der Waals surface area contributed by atoms with Crippen molar-refractivity contribution in [3.05, 3.63) is 21.4 Å². The van der Waals surface area contributed by atoms with Gasteiger partial charge in [-0.05, 0) is 63.5 Å². The van der Waals surface area contributed by atoms with Crippen molar-refractivity contribution in [1.82, 2.24) is 10.2 Å². The summed E-state index contributed by atoms with van der Waals surface area (Å²) < 4.78 is 0. The Kier molecular flexibility index (Phi) is 4.96. The minimum absolute atomic E-state index is 0.267. The van der Waals surface area contributed by atoms with Crippen molar-refractivity contribution in [3.8, 4) is 0 Å². The van der Waals surface area contributed by atoms with Gasteiger partial charge in [0.25, 0.3) is 0 Å². The fourth-order valence-electron chi connectivity index (χ4n) is 3.32. The van der Waals surface area contributed by atoms with Crippen LogP contribution in [0.5, 0.6) is 0 Å². The topological polar surface area (TPSA) is 32.3 Å². The summed E-state index contributed by atoms with van der Waals surface area (Å²) in [5.74, 6) is 0.267. The zero-order valence-corrected chi connectivity index (χ0v) is 13.8. The Morgan fingerprint density at radius 1 is 1.24 bits per heavy atom. The highest BCUT2D eigenvalue weighted by atomic mass is 32.1. The molecule has 4 heteroatoms. The monoisotopic (exact) mass is 306 g/mol. The molecule has 1 amide bonds. The summed E-state index contributed by atoms with van der Waals surface area (Å²) >= 11 is 1.94. The van der Waals surface area contributed by atoms with Crippen molar-refractivity contribution >= 4 is 17.2 Å². The fraction of sp³-hybridized carbons (Fsp3) is 0.706. The van der Waals surface area contributed by atoms with Gasteiger partial charge in [0.1, 0.15) is 0 Å². The number of hydrogen-bond donors (Lipinski definition) is 1. The quantitative estimate of drug-likeness (QED) is 0.926. The molecule has 1 aromatic heterocycles. The molecule has 1 aliphatic heterocycles. The molecule has 1 aliphatic carbocycles. The molecule has 2 aliphatic rings. The van der Waals surface area contributed by atoms with Crippen molar-refractivity contribution in [1.29, 1.82) is 0 Å². The van der Waals surface area contributed by atoms with Gasteiger partial charge < -0.3 is 10.2 Å². The largest absolute Gasteiger partial charge is 0.342 e. The Labute approximate surface area is 131 Å². The lowest BCUT2D eigenvalue weighted by Crippen LogP contribution is -2.41.